The predicted octanol–water partition coefficient (Wildman–Crippen LogP) is 3.00. The van der Waals surface area contributed by atoms with Crippen LogP contribution in [0.3, 0.4) is 0 Å². The van der Waals surface area contributed by atoms with Crippen LogP contribution in [0.2, 0.25) is 0 Å². The van der Waals surface area contributed by atoms with E-state index in [1.807, 2.05) is 0 Å². The molecule has 0 aliphatic heterocycles. The van der Waals surface area contributed by atoms with Crippen molar-refractivity contribution in [1.29, 1.82) is 0 Å². The first-order chi connectivity index (χ1) is 8.06. The Bertz CT molecular complexity index is 264. The van der Waals surface area contributed by atoms with Gasteiger partial charge in [-0.05, 0) is 6.42 Å². The SMILES string of the molecule is CCCCCCCCCCCCOS(=O)(=O)[O-].[NH4+].[Na].[Na]. The number of quaternary nitrogens is 1. The van der Waals surface area contributed by atoms with Gasteiger partial charge in [0, 0.05) is 59.1 Å². The van der Waals surface area contributed by atoms with E-state index in [1.54, 1.807) is 0 Å². The molecule has 0 aliphatic rings. The van der Waals surface area contributed by atoms with E-state index in [1.165, 1.54) is 44.9 Å². The van der Waals surface area contributed by atoms with Crippen molar-refractivity contribution in [3.05, 3.63) is 0 Å². The molecule has 5 nitrogen and oxygen atoms in total. The van der Waals surface area contributed by atoms with Gasteiger partial charge in [-0.15, -0.1) is 0 Å². The van der Waals surface area contributed by atoms with Crippen LogP contribution in [0.4, 0.5) is 0 Å². The van der Waals surface area contributed by atoms with Crippen molar-refractivity contribution in [2.75, 3.05) is 6.61 Å². The van der Waals surface area contributed by atoms with E-state index in [2.05, 4.69) is 11.1 Å². The fraction of sp³-hybridized carbons (Fsp3) is 1.00. The molecule has 0 saturated carbocycles. The Morgan fingerprint density at radius 3 is 1.50 bits per heavy atom. The van der Waals surface area contributed by atoms with Crippen molar-refractivity contribution >= 4 is 69.5 Å². The topological polar surface area (TPSA) is 103 Å². The maximum Gasteiger partial charge on any atom is 0.217 e. The standard InChI is InChI=1S/C12H26O4S.H3N.2Na/c1-2-3-4-5-6-7-8-9-10-11-12-16-17(13,14)15;;;/h2-12H2,1H3,(H,13,14,15);1H3;;. The number of rotatable bonds is 12. The Labute approximate surface area is 169 Å². The molecule has 114 valence electrons. The van der Waals surface area contributed by atoms with Gasteiger partial charge < -0.3 is 10.7 Å². The summed E-state index contributed by atoms with van der Waals surface area (Å²) < 4.78 is 34.5. The normalized spacial score (nSPS) is 10.1. The van der Waals surface area contributed by atoms with Crippen LogP contribution in [0.15, 0.2) is 0 Å². The number of hydrogen-bond acceptors (Lipinski definition) is 4. The first-order valence-electron chi connectivity index (χ1n) is 6.66. The summed E-state index contributed by atoms with van der Waals surface area (Å²) in [5.41, 5.74) is 0. The van der Waals surface area contributed by atoms with Crippen LogP contribution >= 0.6 is 0 Å². The summed E-state index contributed by atoms with van der Waals surface area (Å²) in [5.74, 6) is 0. The fourth-order valence-corrected chi connectivity index (χ4v) is 2.07. The minimum atomic E-state index is -4.48. The van der Waals surface area contributed by atoms with Crippen molar-refractivity contribution in [3.63, 3.8) is 0 Å². The summed E-state index contributed by atoms with van der Waals surface area (Å²) in [6, 6.07) is 0. The van der Waals surface area contributed by atoms with Crippen molar-refractivity contribution < 1.29 is 17.2 Å². The number of unbranched alkanes of at least 4 members (excludes halogenated alkanes) is 9. The summed E-state index contributed by atoms with van der Waals surface area (Å²) >= 11 is 0. The Morgan fingerprint density at radius 2 is 1.15 bits per heavy atom. The molecule has 0 unspecified atom stereocenters. The first kappa shape index (κ1) is 29.8. The minimum absolute atomic E-state index is 0. The zero-order valence-corrected chi connectivity index (χ0v) is 18.6. The second-order valence-electron chi connectivity index (χ2n) is 4.41. The van der Waals surface area contributed by atoms with Gasteiger partial charge in [0.1, 0.15) is 0 Å². The molecule has 0 aliphatic carbocycles. The van der Waals surface area contributed by atoms with Gasteiger partial charge in [-0.2, -0.15) is 0 Å². The van der Waals surface area contributed by atoms with Crippen molar-refractivity contribution in [2.45, 2.75) is 71.1 Å². The summed E-state index contributed by atoms with van der Waals surface area (Å²) in [6.07, 6.45) is 11.7. The molecule has 0 rings (SSSR count). The molecule has 0 spiro atoms. The summed E-state index contributed by atoms with van der Waals surface area (Å²) in [4.78, 5) is 0. The van der Waals surface area contributed by atoms with E-state index in [9.17, 15) is 13.0 Å². The molecule has 0 atom stereocenters. The van der Waals surface area contributed by atoms with Crippen molar-refractivity contribution in [3.8, 4) is 0 Å². The van der Waals surface area contributed by atoms with E-state index in [0.717, 1.165) is 12.8 Å². The number of hydrogen-bond donors (Lipinski definition) is 1. The van der Waals surface area contributed by atoms with Gasteiger partial charge in [0.05, 0.1) is 6.61 Å². The summed E-state index contributed by atoms with van der Waals surface area (Å²) in [6.45, 7) is 2.24. The van der Waals surface area contributed by atoms with Gasteiger partial charge in [0.2, 0.25) is 10.4 Å². The maximum atomic E-state index is 10.1. The average Bonchev–Trinajstić information content (AvgIpc) is 2.24. The molecular weight excluding hydrogens is 300 g/mol. The molecular formula is C12H29NNa2O4S. The third-order valence-electron chi connectivity index (χ3n) is 2.73. The molecule has 20 heavy (non-hydrogen) atoms. The Hall–Kier alpha value is 1.83. The van der Waals surface area contributed by atoms with Crippen LogP contribution < -0.4 is 6.15 Å². The Balaban J connectivity index is -0.000000427. The Kier molecular flexibility index (Phi) is 31.0. The van der Waals surface area contributed by atoms with Crippen LogP contribution in [0.25, 0.3) is 0 Å². The molecule has 0 aromatic carbocycles. The molecule has 0 fully saturated rings. The third kappa shape index (κ3) is 28.1. The second kappa shape index (κ2) is 20.8. The predicted molar refractivity (Wildman–Crippen MR) is 85.0 cm³/mol. The monoisotopic (exact) mass is 329 g/mol. The quantitative estimate of drug-likeness (QED) is 0.257. The van der Waals surface area contributed by atoms with Crippen LogP contribution in [0.1, 0.15) is 71.1 Å². The van der Waals surface area contributed by atoms with Gasteiger partial charge >= 0.3 is 0 Å². The Morgan fingerprint density at radius 1 is 0.800 bits per heavy atom. The largest absolute Gasteiger partial charge is 0.726 e. The molecule has 4 N–H and O–H groups in total. The van der Waals surface area contributed by atoms with E-state index in [4.69, 9.17) is 0 Å². The molecule has 0 heterocycles. The summed E-state index contributed by atoms with van der Waals surface area (Å²) in [5, 5.41) is 0. The van der Waals surface area contributed by atoms with Gasteiger partial charge in [-0.25, -0.2) is 8.42 Å². The van der Waals surface area contributed by atoms with Crippen LogP contribution in [-0.4, -0.2) is 78.7 Å². The van der Waals surface area contributed by atoms with Crippen molar-refractivity contribution in [2.24, 2.45) is 0 Å². The second-order valence-corrected chi connectivity index (χ2v) is 5.46. The first-order valence-corrected chi connectivity index (χ1v) is 8.00. The fourth-order valence-electron chi connectivity index (χ4n) is 1.75. The molecule has 0 amide bonds. The van der Waals surface area contributed by atoms with Gasteiger partial charge in [-0.1, -0.05) is 64.7 Å². The molecule has 0 saturated heterocycles. The van der Waals surface area contributed by atoms with E-state index in [-0.39, 0.29) is 71.9 Å². The molecule has 0 aromatic heterocycles. The van der Waals surface area contributed by atoms with Crippen LogP contribution in [0, 0.1) is 0 Å². The molecule has 2 radical (unpaired) electrons. The van der Waals surface area contributed by atoms with E-state index in [0.29, 0.717) is 6.42 Å². The minimum Gasteiger partial charge on any atom is -0.726 e. The van der Waals surface area contributed by atoms with Crippen LogP contribution in [0.5, 0.6) is 0 Å². The zero-order chi connectivity index (χ0) is 13.0. The average molecular weight is 329 g/mol. The van der Waals surface area contributed by atoms with E-state index >= 15 is 0 Å². The van der Waals surface area contributed by atoms with Gasteiger partial charge in [0.25, 0.3) is 0 Å². The zero-order valence-electron chi connectivity index (χ0n) is 13.8. The smallest absolute Gasteiger partial charge is 0.217 e. The van der Waals surface area contributed by atoms with Gasteiger partial charge in [-0.3, -0.25) is 4.18 Å². The van der Waals surface area contributed by atoms with Gasteiger partial charge in [0.15, 0.2) is 0 Å². The summed E-state index contributed by atoms with van der Waals surface area (Å²) in [7, 11) is -4.48. The maximum absolute atomic E-state index is 10.1. The van der Waals surface area contributed by atoms with Crippen LogP contribution in [-0.2, 0) is 14.6 Å². The molecule has 8 heteroatoms. The van der Waals surface area contributed by atoms with Crippen molar-refractivity contribution in [1.82, 2.24) is 6.15 Å². The third-order valence-corrected chi connectivity index (χ3v) is 3.18. The molecule has 0 bridgehead atoms. The molecule has 0 aromatic rings. The van der Waals surface area contributed by atoms with E-state index < -0.39 is 10.4 Å².